The second kappa shape index (κ2) is 7.55. The van der Waals surface area contributed by atoms with Crippen LogP contribution in [0.5, 0.6) is 5.88 Å². The van der Waals surface area contributed by atoms with Crippen LogP contribution in [-0.2, 0) is 0 Å². The monoisotopic (exact) mass is 380 g/mol. The maximum absolute atomic E-state index is 6.06. The standard InChI is InChI=1S/C21H21ClN4O/c1-25(2)12-5-13-27-21-17-6-3-4-7-19(17)26-20(24-21)18(14-23-26)15-8-10-16(22)11-9-15/h3-4,6-11,14H,5,12-13H2,1-2H3. The van der Waals surface area contributed by atoms with Gasteiger partial charge in [-0.1, -0.05) is 35.9 Å². The van der Waals surface area contributed by atoms with Gasteiger partial charge in [0.25, 0.3) is 0 Å². The Bertz CT molecular complexity index is 1070. The highest BCUT2D eigenvalue weighted by molar-refractivity contribution is 6.30. The molecule has 0 amide bonds. The molecule has 0 aliphatic heterocycles. The molecule has 0 aliphatic rings. The molecule has 138 valence electrons. The molecule has 2 aromatic carbocycles. The Balaban J connectivity index is 1.79. The predicted molar refractivity (Wildman–Crippen MR) is 110 cm³/mol. The van der Waals surface area contributed by atoms with E-state index in [0.29, 0.717) is 17.5 Å². The zero-order chi connectivity index (χ0) is 18.8. The lowest BCUT2D eigenvalue weighted by atomic mass is 10.1. The van der Waals surface area contributed by atoms with E-state index in [1.165, 1.54) is 0 Å². The maximum Gasteiger partial charge on any atom is 0.225 e. The minimum absolute atomic E-state index is 0.621. The van der Waals surface area contributed by atoms with Gasteiger partial charge in [-0.2, -0.15) is 10.1 Å². The molecule has 2 heterocycles. The highest BCUT2D eigenvalue weighted by atomic mass is 35.5. The van der Waals surface area contributed by atoms with Gasteiger partial charge in [0.1, 0.15) is 0 Å². The van der Waals surface area contributed by atoms with E-state index in [2.05, 4.69) is 24.1 Å². The summed E-state index contributed by atoms with van der Waals surface area (Å²) in [5.41, 5.74) is 3.73. The molecule has 0 N–H and O–H groups in total. The van der Waals surface area contributed by atoms with Crippen molar-refractivity contribution in [2.75, 3.05) is 27.2 Å². The summed E-state index contributed by atoms with van der Waals surface area (Å²) in [6, 6.07) is 15.8. The van der Waals surface area contributed by atoms with Gasteiger partial charge >= 0.3 is 0 Å². The highest BCUT2D eigenvalue weighted by Crippen LogP contribution is 2.31. The molecule has 5 nitrogen and oxygen atoms in total. The Kier molecular flexibility index (Phi) is 4.97. The molecule has 0 fully saturated rings. The van der Waals surface area contributed by atoms with E-state index in [0.717, 1.165) is 40.6 Å². The summed E-state index contributed by atoms with van der Waals surface area (Å²) >= 11 is 6.03. The second-order valence-electron chi connectivity index (χ2n) is 6.74. The molecule has 0 unspecified atom stereocenters. The van der Waals surface area contributed by atoms with E-state index in [4.69, 9.17) is 21.3 Å². The van der Waals surface area contributed by atoms with Gasteiger partial charge in [-0.15, -0.1) is 0 Å². The number of aromatic nitrogens is 3. The van der Waals surface area contributed by atoms with E-state index in [1.807, 2.05) is 59.2 Å². The minimum atomic E-state index is 0.621. The number of hydrogen-bond acceptors (Lipinski definition) is 4. The molecular formula is C21H21ClN4O. The maximum atomic E-state index is 6.06. The van der Waals surface area contributed by atoms with Gasteiger partial charge in [-0.3, -0.25) is 0 Å². The number of halogens is 1. The molecule has 27 heavy (non-hydrogen) atoms. The molecule has 0 saturated heterocycles. The van der Waals surface area contributed by atoms with Crippen LogP contribution < -0.4 is 4.74 Å². The first-order valence-electron chi connectivity index (χ1n) is 8.93. The second-order valence-corrected chi connectivity index (χ2v) is 7.18. The Morgan fingerprint density at radius 2 is 1.85 bits per heavy atom. The zero-order valence-corrected chi connectivity index (χ0v) is 16.1. The first-order chi connectivity index (χ1) is 13.1. The van der Waals surface area contributed by atoms with Crippen LogP contribution in [0.15, 0.2) is 54.7 Å². The molecule has 0 saturated carbocycles. The van der Waals surface area contributed by atoms with E-state index < -0.39 is 0 Å². The van der Waals surface area contributed by atoms with Crippen LogP contribution in [0.2, 0.25) is 5.02 Å². The number of benzene rings is 2. The number of nitrogens with zero attached hydrogens (tertiary/aromatic N) is 4. The van der Waals surface area contributed by atoms with Crippen LogP contribution in [0.25, 0.3) is 27.7 Å². The summed E-state index contributed by atoms with van der Waals surface area (Å²) in [4.78, 5) is 6.96. The summed E-state index contributed by atoms with van der Waals surface area (Å²) in [5.74, 6) is 0.646. The van der Waals surface area contributed by atoms with E-state index in [9.17, 15) is 0 Å². The van der Waals surface area contributed by atoms with Gasteiger partial charge in [0.05, 0.1) is 23.7 Å². The number of rotatable bonds is 6. The fourth-order valence-electron chi connectivity index (χ4n) is 3.11. The molecule has 0 atom stereocenters. The first kappa shape index (κ1) is 17.8. The SMILES string of the molecule is CN(C)CCCOc1nc2c(-c3ccc(Cl)cc3)cnn2c2ccccc12. The molecule has 4 aromatic rings. The van der Waals surface area contributed by atoms with Gasteiger partial charge in [-0.25, -0.2) is 4.52 Å². The largest absolute Gasteiger partial charge is 0.477 e. The van der Waals surface area contributed by atoms with Gasteiger partial charge in [-0.05, 0) is 50.3 Å². The molecule has 4 rings (SSSR count). The molecule has 0 spiro atoms. The number of para-hydroxylation sites is 1. The van der Waals surface area contributed by atoms with Crippen molar-refractivity contribution in [3.05, 3.63) is 59.8 Å². The Morgan fingerprint density at radius 3 is 2.63 bits per heavy atom. The summed E-state index contributed by atoms with van der Waals surface area (Å²) in [6.07, 6.45) is 2.78. The summed E-state index contributed by atoms with van der Waals surface area (Å²) in [5, 5.41) is 6.23. The van der Waals surface area contributed by atoms with Crippen LogP contribution in [0.4, 0.5) is 0 Å². The van der Waals surface area contributed by atoms with Crippen molar-refractivity contribution in [3.63, 3.8) is 0 Å². The lowest BCUT2D eigenvalue weighted by Crippen LogP contribution is -2.15. The summed E-state index contributed by atoms with van der Waals surface area (Å²) < 4.78 is 7.92. The third-order valence-electron chi connectivity index (χ3n) is 4.46. The first-order valence-corrected chi connectivity index (χ1v) is 9.31. The highest BCUT2D eigenvalue weighted by Gasteiger charge is 2.15. The Hall–Kier alpha value is -2.63. The van der Waals surface area contributed by atoms with E-state index in [-0.39, 0.29) is 0 Å². The normalized spacial score (nSPS) is 11.6. The fraction of sp³-hybridized carbons (Fsp3) is 0.238. The number of hydrogen-bond donors (Lipinski definition) is 0. The quantitative estimate of drug-likeness (QED) is 0.461. The van der Waals surface area contributed by atoms with Crippen molar-refractivity contribution in [2.45, 2.75) is 6.42 Å². The molecule has 6 heteroatoms. The average Bonchev–Trinajstić information content (AvgIpc) is 3.09. The van der Waals surface area contributed by atoms with Crippen molar-refractivity contribution in [3.8, 4) is 17.0 Å². The van der Waals surface area contributed by atoms with E-state index >= 15 is 0 Å². The molecule has 0 radical (unpaired) electrons. The number of ether oxygens (including phenoxy) is 1. The lowest BCUT2D eigenvalue weighted by Gasteiger charge is -2.12. The lowest BCUT2D eigenvalue weighted by molar-refractivity contribution is 0.276. The minimum Gasteiger partial charge on any atom is -0.477 e. The van der Waals surface area contributed by atoms with E-state index in [1.54, 1.807) is 0 Å². The van der Waals surface area contributed by atoms with Crippen molar-refractivity contribution in [2.24, 2.45) is 0 Å². The molecule has 0 bridgehead atoms. The summed E-state index contributed by atoms with van der Waals surface area (Å²) in [6.45, 7) is 1.60. The van der Waals surface area contributed by atoms with Crippen LogP contribution >= 0.6 is 11.6 Å². The van der Waals surface area contributed by atoms with Gasteiger partial charge in [0.2, 0.25) is 5.88 Å². The van der Waals surface area contributed by atoms with Crippen LogP contribution in [0.1, 0.15) is 6.42 Å². The van der Waals surface area contributed by atoms with Crippen LogP contribution in [0.3, 0.4) is 0 Å². The third kappa shape index (κ3) is 3.61. The molecule has 0 aliphatic carbocycles. The smallest absolute Gasteiger partial charge is 0.225 e. The van der Waals surface area contributed by atoms with Crippen molar-refractivity contribution in [1.29, 1.82) is 0 Å². The Labute approximate surface area is 163 Å². The topological polar surface area (TPSA) is 42.7 Å². The average molecular weight is 381 g/mol. The Morgan fingerprint density at radius 1 is 1.07 bits per heavy atom. The number of fused-ring (bicyclic) bond motifs is 3. The van der Waals surface area contributed by atoms with Gasteiger partial charge < -0.3 is 9.64 Å². The van der Waals surface area contributed by atoms with Crippen LogP contribution in [0, 0.1) is 0 Å². The van der Waals surface area contributed by atoms with Gasteiger partial charge in [0, 0.05) is 17.1 Å². The summed E-state index contributed by atoms with van der Waals surface area (Å²) in [7, 11) is 4.12. The molecule has 2 aromatic heterocycles. The fourth-order valence-corrected chi connectivity index (χ4v) is 3.24. The van der Waals surface area contributed by atoms with Gasteiger partial charge in [0.15, 0.2) is 5.65 Å². The predicted octanol–water partition coefficient (Wildman–Crippen LogP) is 4.53. The van der Waals surface area contributed by atoms with Crippen molar-refractivity contribution < 1.29 is 4.74 Å². The molecular weight excluding hydrogens is 360 g/mol. The zero-order valence-electron chi connectivity index (χ0n) is 15.4. The van der Waals surface area contributed by atoms with Crippen molar-refractivity contribution in [1.82, 2.24) is 19.5 Å². The van der Waals surface area contributed by atoms with Crippen molar-refractivity contribution >= 4 is 28.2 Å². The third-order valence-corrected chi connectivity index (χ3v) is 4.71. The van der Waals surface area contributed by atoms with Crippen LogP contribution in [-0.4, -0.2) is 46.7 Å².